The minimum Gasteiger partial charge on any atom is -0.274 e. The Balaban J connectivity index is 1.61. The number of rotatable bonds is 1. The van der Waals surface area contributed by atoms with Gasteiger partial charge in [0.1, 0.15) is 5.82 Å². The van der Waals surface area contributed by atoms with Crippen LogP contribution in [0.4, 0.5) is 10.1 Å². The molecule has 4 aliphatic rings. The van der Waals surface area contributed by atoms with Crippen LogP contribution in [0.25, 0.3) is 0 Å². The molecular weight excluding hydrogens is 269 g/mol. The van der Waals surface area contributed by atoms with E-state index in [4.69, 9.17) is 0 Å². The second kappa shape index (κ2) is 3.43. The lowest BCUT2D eigenvalue weighted by Crippen LogP contribution is -2.35. The van der Waals surface area contributed by atoms with E-state index in [1.807, 2.05) is 0 Å². The summed E-state index contributed by atoms with van der Waals surface area (Å²) in [5.41, 5.74) is 0.285. The third-order valence-corrected chi connectivity index (χ3v) is 5.95. The predicted octanol–water partition coefficient (Wildman–Crippen LogP) is 2.53. The molecule has 1 heterocycles. The van der Waals surface area contributed by atoms with Gasteiger partial charge in [-0.3, -0.25) is 9.59 Å². The van der Waals surface area contributed by atoms with Gasteiger partial charge in [0.15, 0.2) is 0 Å². The summed E-state index contributed by atoms with van der Waals surface area (Å²) in [6.07, 6.45) is 6.47. The Kier molecular flexibility index (Phi) is 1.91. The molecule has 1 aromatic carbocycles. The molecule has 0 N–H and O–H groups in total. The Labute approximate surface area is 121 Å². The summed E-state index contributed by atoms with van der Waals surface area (Å²) in [5, 5.41) is 0. The number of benzene rings is 1. The van der Waals surface area contributed by atoms with Gasteiger partial charge in [-0.25, -0.2) is 9.29 Å². The van der Waals surface area contributed by atoms with Gasteiger partial charge in [0.05, 0.1) is 17.5 Å². The average molecular weight is 283 g/mol. The van der Waals surface area contributed by atoms with Crippen molar-refractivity contribution in [2.75, 3.05) is 4.90 Å². The number of carbonyl (C=O) groups excluding carboxylic acids is 2. The molecule has 1 spiro atoms. The van der Waals surface area contributed by atoms with Crippen molar-refractivity contribution in [3.05, 3.63) is 42.2 Å². The van der Waals surface area contributed by atoms with Crippen LogP contribution in [0.1, 0.15) is 12.8 Å². The van der Waals surface area contributed by atoms with Crippen LogP contribution in [0.5, 0.6) is 0 Å². The molecule has 106 valence electrons. The van der Waals surface area contributed by atoms with E-state index in [-0.39, 0.29) is 46.6 Å². The zero-order valence-electron chi connectivity index (χ0n) is 11.3. The molecule has 1 aromatic rings. The lowest BCUT2D eigenvalue weighted by Gasteiger charge is -2.21. The lowest BCUT2D eigenvalue weighted by molar-refractivity contribution is -0.123. The van der Waals surface area contributed by atoms with Crippen LogP contribution in [-0.4, -0.2) is 11.8 Å². The van der Waals surface area contributed by atoms with Gasteiger partial charge in [0, 0.05) is 0 Å². The standard InChI is InChI=1S/C17H14FNO2/c18-11-3-1-2-4-12(11)19-15(20)13-9-5-6-10(14(13)16(19)21)17(9)7-8-17/h1-6,9-10,13-14H,7-8H2/t9-,10-,13-,14-/m0/s1. The van der Waals surface area contributed by atoms with E-state index in [2.05, 4.69) is 12.2 Å². The Morgan fingerprint density at radius 2 is 1.57 bits per heavy atom. The number of para-hydroxylation sites is 1. The van der Waals surface area contributed by atoms with E-state index >= 15 is 0 Å². The first-order chi connectivity index (χ1) is 10.1. The summed E-state index contributed by atoms with van der Waals surface area (Å²) >= 11 is 0. The van der Waals surface area contributed by atoms with E-state index in [0.717, 1.165) is 17.7 Å². The molecule has 0 radical (unpaired) electrons. The number of imide groups is 1. The number of carbonyl (C=O) groups is 2. The van der Waals surface area contributed by atoms with E-state index in [1.165, 1.54) is 12.1 Å². The highest BCUT2D eigenvalue weighted by molar-refractivity contribution is 6.23. The topological polar surface area (TPSA) is 37.4 Å². The Hall–Kier alpha value is -1.97. The number of nitrogens with zero attached hydrogens (tertiary/aromatic N) is 1. The van der Waals surface area contributed by atoms with Crippen molar-refractivity contribution in [2.45, 2.75) is 12.8 Å². The molecule has 1 saturated heterocycles. The molecule has 21 heavy (non-hydrogen) atoms. The van der Waals surface area contributed by atoms with Gasteiger partial charge in [0.25, 0.3) is 0 Å². The number of allylic oxidation sites excluding steroid dienone is 2. The van der Waals surface area contributed by atoms with Gasteiger partial charge >= 0.3 is 0 Å². The highest BCUT2D eigenvalue weighted by Crippen LogP contribution is 2.73. The summed E-state index contributed by atoms with van der Waals surface area (Å²) < 4.78 is 14.0. The van der Waals surface area contributed by atoms with Crippen LogP contribution in [0.2, 0.25) is 0 Å². The van der Waals surface area contributed by atoms with Gasteiger partial charge in [-0.05, 0) is 42.2 Å². The Morgan fingerprint density at radius 3 is 2.10 bits per heavy atom. The molecule has 0 aromatic heterocycles. The van der Waals surface area contributed by atoms with Crippen molar-refractivity contribution in [2.24, 2.45) is 29.1 Å². The summed E-state index contributed by atoms with van der Waals surface area (Å²) in [7, 11) is 0. The minimum absolute atomic E-state index is 0.103. The normalized spacial score (nSPS) is 37.7. The van der Waals surface area contributed by atoms with Crippen LogP contribution in [0.15, 0.2) is 36.4 Å². The van der Waals surface area contributed by atoms with Gasteiger partial charge in [-0.2, -0.15) is 0 Å². The lowest BCUT2D eigenvalue weighted by atomic mass is 9.85. The molecule has 3 fully saturated rings. The second-order valence-corrected chi connectivity index (χ2v) is 6.68. The molecule has 4 atom stereocenters. The Morgan fingerprint density at radius 1 is 1.00 bits per heavy atom. The molecule has 1 aliphatic heterocycles. The van der Waals surface area contributed by atoms with E-state index in [1.54, 1.807) is 12.1 Å². The largest absolute Gasteiger partial charge is 0.274 e. The van der Waals surface area contributed by atoms with Crippen LogP contribution in [0.3, 0.4) is 0 Å². The van der Waals surface area contributed by atoms with Crippen LogP contribution in [-0.2, 0) is 9.59 Å². The second-order valence-electron chi connectivity index (χ2n) is 6.68. The van der Waals surface area contributed by atoms with E-state index in [9.17, 15) is 14.0 Å². The SMILES string of the molecule is O=C1[C@@H]2[C@@H](C(=O)N1c1ccccc1F)[C@@H]1C=C[C@@H]2C12CC2. The van der Waals surface area contributed by atoms with Crippen LogP contribution >= 0.6 is 0 Å². The molecule has 3 nitrogen and oxygen atoms in total. The number of hydrogen-bond acceptors (Lipinski definition) is 2. The van der Waals surface area contributed by atoms with Gasteiger partial charge in [-0.1, -0.05) is 24.3 Å². The molecule has 2 saturated carbocycles. The average Bonchev–Trinajstić information content (AvgIpc) is 3.07. The van der Waals surface area contributed by atoms with Crippen molar-refractivity contribution in [1.29, 1.82) is 0 Å². The zero-order chi connectivity index (χ0) is 14.4. The third-order valence-electron chi connectivity index (χ3n) is 5.95. The summed E-state index contributed by atoms with van der Waals surface area (Å²) in [4.78, 5) is 26.6. The van der Waals surface area contributed by atoms with Crippen molar-refractivity contribution >= 4 is 17.5 Å². The summed E-state index contributed by atoms with van der Waals surface area (Å²) in [5.74, 6) is -1.11. The first-order valence-corrected chi connectivity index (χ1v) is 7.46. The molecule has 4 heteroatoms. The maximum Gasteiger partial charge on any atom is 0.238 e. The monoisotopic (exact) mass is 283 g/mol. The molecule has 2 bridgehead atoms. The predicted molar refractivity (Wildman–Crippen MR) is 73.7 cm³/mol. The minimum atomic E-state index is -0.513. The molecular formula is C17H14FNO2. The maximum atomic E-state index is 14.0. The number of fused-ring (bicyclic) bond motifs is 3. The molecule has 5 rings (SSSR count). The van der Waals surface area contributed by atoms with Crippen LogP contribution < -0.4 is 4.90 Å². The molecule has 0 unspecified atom stereocenters. The van der Waals surface area contributed by atoms with E-state index < -0.39 is 5.82 Å². The fourth-order valence-corrected chi connectivity index (χ4v) is 4.95. The first-order valence-electron chi connectivity index (χ1n) is 7.46. The van der Waals surface area contributed by atoms with Crippen molar-refractivity contribution < 1.29 is 14.0 Å². The molecule has 3 aliphatic carbocycles. The van der Waals surface area contributed by atoms with E-state index in [0.29, 0.717) is 0 Å². The van der Waals surface area contributed by atoms with Gasteiger partial charge in [-0.15, -0.1) is 0 Å². The van der Waals surface area contributed by atoms with Crippen molar-refractivity contribution in [1.82, 2.24) is 0 Å². The number of hydrogen-bond donors (Lipinski definition) is 0. The summed E-state index contributed by atoms with van der Waals surface area (Å²) in [6.45, 7) is 0. The fourth-order valence-electron chi connectivity index (χ4n) is 4.95. The van der Waals surface area contributed by atoms with Crippen molar-refractivity contribution in [3.63, 3.8) is 0 Å². The first kappa shape index (κ1) is 11.7. The third kappa shape index (κ3) is 1.17. The smallest absolute Gasteiger partial charge is 0.238 e. The highest BCUT2D eigenvalue weighted by atomic mass is 19.1. The maximum absolute atomic E-state index is 14.0. The summed E-state index contributed by atoms with van der Waals surface area (Å²) in [6, 6.07) is 6.02. The van der Waals surface area contributed by atoms with Gasteiger partial charge < -0.3 is 0 Å². The quantitative estimate of drug-likeness (QED) is 0.586. The fraction of sp³-hybridized carbons (Fsp3) is 0.412. The van der Waals surface area contributed by atoms with Gasteiger partial charge in [0.2, 0.25) is 11.8 Å². The Bertz CT molecular complexity index is 687. The van der Waals surface area contributed by atoms with Crippen LogP contribution in [0, 0.1) is 34.9 Å². The van der Waals surface area contributed by atoms with Crippen molar-refractivity contribution in [3.8, 4) is 0 Å². The highest BCUT2D eigenvalue weighted by Gasteiger charge is 2.73. The number of halogens is 1. The zero-order valence-corrected chi connectivity index (χ0v) is 11.3. The number of amides is 2. The molecule has 2 amide bonds. The number of anilines is 1.